The van der Waals surface area contributed by atoms with Crippen molar-refractivity contribution < 1.29 is 19.1 Å². The molecule has 2 heterocycles. The summed E-state index contributed by atoms with van der Waals surface area (Å²) in [5, 5.41) is 15.3. The van der Waals surface area contributed by atoms with Crippen molar-refractivity contribution in [3.8, 4) is 17.2 Å². The van der Waals surface area contributed by atoms with E-state index in [1.807, 2.05) is 23.8 Å². The van der Waals surface area contributed by atoms with E-state index in [-0.39, 0.29) is 25.7 Å². The van der Waals surface area contributed by atoms with Gasteiger partial charge in [-0.15, -0.1) is 0 Å². The van der Waals surface area contributed by atoms with E-state index in [9.17, 15) is 4.79 Å². The number of aromatic nitrogens is 1. The van der Waals surface area contributed by atoms with E-state index in [4.69, 9.17) is 14.3 Å². The lowest BCUT2D eigenvalue weighted by Crippen LogP contribution is -2.26. The van der Waals surface area contributed by atoms with Crippen LogP contribution in [0.4, 0.5) is 0 Å². The normalized spacial score (nSPS) is 10.6. The molecular weight excluding hydrogens is 340 g/mol. The lowest BCUT2D eigenvalue weighted by molar-refractivity contribution is 0.0944. The van der Waals surface area contributed by atoms with Crippen LogP contribution < -0.4 is 10.1 Å². The van der Waals surface area contributed by atoms with Gasteiger partial charge >= 0.3 is 0 Å². The van der Waals surface area contributed by atoms with Gasteiger partial charge < -0.3 is 19.6 Å². The van der Waals surface area contributed by atoms with E-state index < -0.39 is 0 Å². The van der Waals surface area contributed by atoms with Crippen molar-refractivity contribution >= 4 is 17.2 Å². The molecule has 0 atom stereocenters. The van der Waals surface area contributed by atoms with Crippen LogP contribution in [0.15, 0.2) is 45.5 Å². The van der Waals surface area contributed by atoms with Gasteiger partial charge in [-0.1, -0.05) is 0 Å². The van der Waals surface area contributed by atoms with Crippen LogP contribution in [-0.4, -0.2) is 29.1 Å². The Morgan fingerprint density at radius 3 is 2.80 bits per heavy atom. The predicted molar refractivity (Wildman–Crippen MR) is 94.7 cm³/mol. The molecule has 0 saturated heterocycles. The van der Waals surface area contributed by atoms with Crippen molar-refractivity contribution in [1.82, 2.24) is 10.3 Å². The molecule has 6 nitrogen and oxygen atoms in total. The Kier molecular flexibility index (Phi) is 5.47. The number of nitrogens with one attached hydrogen (secondary N) is 1. The summed E-state index contributed by atoms with van der Waals surface area (Å²) in [7, 11) is 0. The van der Waals surface area contributed by atoms with Crippen molar-refractivity contribution in [3.63, 3.8) is 0 Å². The van der Waals surface area contributed by atoms with Crippen molar-refractivity contribution in [3.05, 3.63) is 58.1 Å². The molecule has 1 aromatic carbocycles. The number of hydrogen-bond donors (Lipinski definition) is 2. The number of nitrogens with zero attached hydrogens (tertiary/aromatic N) is 1. The Hall–Kier alpha value is -2.64. The summed E-state index contributed by atoms with van der Waals surface area (Å²) < 4.78 is 11.4. The van der Waals surface area contributed by atoms with Crippen LogP contribution in [0.3, 0.4) is 0 Å². The lowest BCUT2D eigenvalue weighted by Gasteiger charge is -2.06. The molecule has 130 valence electrons. The van der Waals surface area contributed by atoms with Gasteiger partial charge in [-0.3, -0.25) is 4.79 Å². The molecule has 0 bridgehead atoms. The van der Waals surface area contributed by atoms with Gasteiger partial charge in [0.25, 0.3) is 5.91 Å². The number of amides is 1. The fraction of sp³-hybridized carbons (Fsp3) is 0.222. The summed E-state index contributed by atoms with van der Waals surface area (Å²) >= 11 is 1.59. The molecule has 1 amide bonds. The van der Waals surface area contributed by atoms with Crippen LogP contribution in [0.2, 0.25) is 0 Å². The number of oxazole rings is 1. The average Bonchev–Trinajstić information content (AvgIpc) is 3.28. The molecule has 0 fully saturated rings. The van der Waals surface area contributed by atoms with E-state index in [0.29, 0.717) is 17.2 Å². The zero-order valence-corrected chi connectivity index (χ0v) is 14.5. The molecule has 0 saturated carbocycles. The molecule has 25 heavy (non-hydrogen) atoms. The van der Waals surface area contributed by atoms with E-state index >= 15 is 0 Å². The molecule has 3 rings (SSSR count). The molecular formula is C18H18N2O4S. The molecule has 0 radical (unpaired) electrons. The minimum absolute atomic E-state index is 0.0860. The van der Waals surface area contributed by atoms with Crippen molar-refractivity contribution in [1.29, 1.82) is 0 Å². The minimum Gasteiger partial charge on any atom is -0.487 e. The summed E-state index contributed by atoms with van der Waals surface area (Å²) in [5.41, 5.74) is 2.21. The molecule has 0 spiro atoms. The summed E-state index contributed by atoms with van der Waals surface area (Å²) in [6.45, 7) is 2.29. The number of carbonyl (C=O) groups is 1. The topological polar surface area (TPSA) is 84.6 Å². The standard InChI is InChI=1S/C18H18N2O4S/c1-12-16(20-18(24-12)14-6-9-25-11-14)10-23-15-4-2-13(3-5-15)17(22)19-7-8-21/h2-6,9,11,21H,7-8,10H2,1H3,(H,19,22). The van der Waals surface area contributed by atoms with Gasteiger partial charge in [-0.2, -0.15) is 11.3 Å². The molecule has 0 aliphatic heterocycles. The summed E-state index contributed by atoms with van der Waals surface area (Å²) in [6.07, 6.45) is 0. The van der Waals surface area contributed by atoms with E-state index in [0.717, 1.165) is 17.0 Å². The van der Waals surface area contributed by atoms with Gasteiger partial charge in [0.1, 0.15) is 23.8 Å². The zero-order valence-electron chi connectivity index (χ0n) is 13.7. The quantitative estimate of drug-likeness (QED) is 0.678. The monoisotopic (exact) mass is 358 g/mol. The van der Waals surface area contributed by atoms with Gasteiger partial charge in [-0.25, -0.2) is 4.98 Å². The first kappa shape index (κ1) is 17.2. The van der Waals surface area contributed by atoms with Crippen LogP contribution in [0, 0.1) is 6.92 Å². The third kappa shape index (κ3) is 4.26. The lowest BCUT2D eigenvalue weighted by atomic mass is 10.2. The highest BCUT2D eigenvalue weighted by molar-refractivity contribution is 7.08. The van der Waals surface area contributed by atoms with Crippen molar-refractivity contribution in [2.75, 3.05) is 13.2 Å². The molecule has 3 aromatic rings. The number of hydrogen-bond acceptors (Lipinski definition) is 6. The SMILES string of the molecule is Cc1oc(-c2ccsc2)nc1COc1ccc(C(=O)NCCO)cc1. The third-order valence-corrected chi connectivity index (χ3v) is 4.23. The van der Waals surface area contributed by atoms with Crippen LogP contribution in [0.1, 0.15) is 21.8 Å². The molecule has 0 aliphatic carbocycles. The summed E-state index contributed by atoms with van der Waals surface area (Å²) in [5.74, 6) is 1.72. The first-order chi connectivity index (χ1) is 12.2. The first-order valence-corrected chi connectivity index (χ1v) is 8.72. The van der Waals surface area contributed by atoms with E-state index in [1.54, 1.807) is 35.6 Å². The number of aliphatic hydroxyl groups is 1. The highest BCUT2D eigenvalue weighted by Crippen LogP contribution is 2.24. The Morgan fingerprint density at radius 2 is 2.12 bits per heavy atom. The van der Waals surface area contributed by atoms with Crippen LogP contribution in [0.5, 0.6) is 5.75 Å². The molecule has 0 aliphatic rings. The largest absolute Gasteiger partial charge is 0.487 e. The molecule has 2 aromatic heterocycles. The van der Waals surface area contributed by atoms with E-state index in [1.165, 1.54) is 0 Å². The second kappa shape index (κ2) is 7.96. The zero-order chi connectivity index (χ0) is 17.6. The Balaban J connectivity index is 1.61. The summed E-state index contributed by atoms with van der Waals surface area (Å²) in [6, 6.07) is 8.76. The number of aliphatic hydroxyl groups excluding tert-OH is 1. The van der Waals surface area contributed by atoms with Crippen LogP contribution in [-0.2, 0) is 6.61 Å². The smallest absolute Gasteiger partial charge is 0.251 e. The second-order valence-electron chi connectivity index (χ2n) is 5.33. The second-order valence-corrected chi connectivity index (χ2v) is 6.11. The number of ether oxygens (including phenoxy) is 1. The minimum atomic E-state index is -0.228. The van der Waals surface area contributed by atoms with Crippen LogP contribution in [0.25, 0.3) is 11.5 Å². The Bertz CT molecular complexity index is 825. The molecule has 2 N–H and O–H groups in total. The van der Waals surface area contributed by atoms with Crippen molar-refractivity contribution in [2.45, 2.75) is 13.5 Å². The number of carbonyl (C=O) groups excluding carboxylic acids is 1. The van der Waals surface area contributed by atoms with Crippen LogP contribution >= 0.6 is 11.3 Å². The molecule has 0 unspecified atom stereocenters. The Morgan fingerprint density at radius 1 is 1.32 bits per heavy atom. The molecule has 7 heteroatoms. The number of benzene rings is 1. The van der Waals surface area contributed by atoms with Gasteiger partial charge in [0, 0.05) is 23.1 Å². The van der Waals surface area contributed by atoms with Crippen molar-refractivity contribution in [2.24, 2.45) is 0 Å². The van der Waals surface area contributed by atoms with E-state index in [2.05, 4.69) is 10.3 Å². The average molecular weight is 358 g/mol. The first-order valence-electron chi connectivity index (χ1n) is 7.78. The summed E-state index contributed by atoms with van der Waals surface area (Å²) in [4.78, 5) is 16.2. The van der Waals surface area contributed by atoms with Gasteiger partial charge in [0.2, 0.25) is 5.89 Å². The number of thiophene rings is 1. The third-order valence-electron chi connectivity index (χ3n) is 3.55. The number of aryl methyl sites for hydroxylation is 1. The fourth-order valence-corrected chi connectivity index (χ4v) is 2.83. The van der Waals surface area contributed by atoms with Gasteiger partial charge in [0.05, 0.1) is 6.61 Å². The maximum atomic E-state index is 11.8. The number of rotatable bonds is 7. The van der Waals surface area contributed by atoms with Gasteiger partial charge in [-0.05, 0) is 42.6 Å². The Labute approximate surface area is 149 Å². The maximum absolute atomic E-state index is 11.8. The van der Waals surface area contributed by atoms with Gasteiger partial charge in [0.15, 0.2) is 0 Å². The maximum Gasteiger partial charge on any atom is 0.251 e. The predicted octanol–water partition coefficient (Wildman–Crippen LogP) is 3.01. The highest BCUT2D eigenvalue weighted by Gasteiger charge is 2.12. The highest BCUT2D eigenvalue weighted by atomic mass is 32.1. The fourth-order valence-electron chi connectivity index (χ4n) is 2.20.